The molecule has 2 aliphatic rings. The average molecular weight is 188 g/mol. The number of hydrogen-bond donors (Lipinski definition) is 1. The molecule has 3 nitrogen and oxygen atoms in total. The molecular weight excluding hydrogens is 176 g/mol. The maximum absolute atomic E-state index is 11.5. The van der Waals surface area contributed by atoms with Crippen LogP contribution in [0.2, 0.25) is 0 Å². The van der Waals surface area contributed by atoms with Crippen molar-refractivity contribution in [2.24, 2.45) is 10.7 Å². The van der Waals surface area contributed by atoms with E-state index >= 15 is 0 Å². The Balaban J connectivity index is 2.36. The number of nitrogens with zero attached hydrogens (tertiary/aromatic N) is 1. The number of nitrogens with two attached hydrogens (primary N) is 1. The van der Waals surface area contributed by atoms with Crippen LogP contribution < -0.4 is 5.73 Å². The van der Waals surface area contributed by atoms with E-state index in [1.165, 1.54) is 6.08 Å². The molecule has 14 heavy (non-hydrogen) atoms. The summed E-state index contributed by atoms with van der Waals surface area (Å²) >= 11 is 0. The molecule has 0 fully saturated rings. The molecule has 3 heteroatoms. The average Bonchev–Trinajstić information content (AvgIpc) is 2.18. The van der Waals surface area contributed by atoms with E-state index in [1.54, 1.807) is 6.08 Å². The van der Waals surface area contributed by atoms with Crippen molar-refractivity contribution in [2.45, 2.75) is 19.0 Å². The lowest BCUT2D eigenvalue weighted by Gasteiger charge is -2.20. The van der Waals surface area contributed by atoms with Gasteiger partial charge in [0.05, 0.1) is 6.04 Å². The van der Waals surface area contributed by atoms with Crippen LogP contribution in [0.1, 0.15) is 6.92 Å². The van der Waals surface area contributed by atoms with Crippen molar-refractivity contribution in [3.8, 4) is 0 Å². The maximum atomic E-state index is 11.5. The van der Waals surface area contributed by atoms with Gasteiger partial charge in [-0.15, -0.1) is 0 Å². The number of hydrogen-bond acceptors (Lipinski definition) is 3. The summed E-state index contributed by atoms with van der Waals surface area (Å²) in [4.78, 5) is 15.8. The molecule has 0 bridgehead atoms. The van der Waals surface area contributed by atoms with Crippen molar-refractivity contribution in [3.63, 3.8) is 0 Å². The molecule has 2 N–H and O–H groups in total. The first-order chi connectivity index (χ1) is 6.68. The highest BCUT2D eigenvalue weighted by Crippen LogP contribution is 2.17. The second-order valence-corrected chi connectivity index (χ2v) is 3.53. The number of carbonyl (C=O) groups is 1. The third-order valence-corrected chi connectivity index (χ3v) is 2.32. The minimum atomic E-state index is -0.0717. The van der Waals surface area contributed by atoms with Crippen LogP contribution in [0.5, 0.6) is 0 Å². The van der Waals surface area contributed by atoms with Gasteiger partial charge in [-0.1, -0.05) is 24.3 Å². The lowest BCUT2D eigenvalue weighted by molar-refractivity contribution is -0.108. The quantitative estimate of drug-likeness (QED) is 0.618. The zero-order valence-electron chi connectivity index (χ0n) is 7.97. The van der Waals surface area contributed by atoms with Gasteiger partial charge in [0, 0.05) is 11.6 Å². The van der Waals surface area contributed by atoms with Gasteiger partial charge in [0.2, 0.25) is 5.78 Å². The Morgan fingerprint density at radius 3 is 3.00 bits per heavy atom. The van der Waals surface area contributed by atoms with Crippen LogP contribution in [0.4, 0.5) is 0 Å². The van der Waals surface area contributed by atoms with E-state index in [2.05, 4.69) is 4.99 Å². The van der Waals surface area contributed by atoms with Gasteiger partial charge < -0.3 is 5.73 Å². The standard InChI is InChI=1S/C11H12N2O/c1-7(12)9-6-5-8-3-2-4-10(14)11(8)13-9/h2-7,9H,12H2,1H3. The van der Waals surface area contributed by atoms with Crippen molar-refractivity contribution in [3.05, 3.63) is 36.0 Å². The van der Waals surface area contributed by atoms with Crippen LogP contribution in [-0.2, 0) is 4.79 Å². The highest BCUT2D eigenvalue weighted by Gasteiger charge is 2.21. The molecule has 0 saturated heterocycles. The number of fused-ring (bicyclic) bond motifs is 1. The predicted molar refractivity (Wildman–Crippen MR) is 56.2 cm³/mol. The molecule has 2 atom stereocenters. The van der Waals surface area contributed by atoms with Gasteiger partial charge in [-0.05, 0) is 13.0 Å². The van der Waals surface area contributed by atoms with E-state index in [-0.39, 0.29) is 17.9 Å². The van der Waals surface area contributed by atoms with Crippen molar-refractivity contribution >= 4 is 11.5 Å². The molecule has 0 radical (unpaired) electrons. The van der Waals surface area contributed by atoms with E-state index in [4.69, 9.17) is 5.73 Å². The highest BCUT2D eigenvalue weighted by atomic mass is 16.1. The van der Waals surface area contributed by atoms with Crippen LogP contribution in [0.3, 0.4) is 0 Å². The monoisotopic (exact) mass is 188 g/mol. The Morgan fingerprint density at radius 2 is 2.29 bits per heavy atom. The van der Waals surface area contributed by atoms with Gasteiger partial charge in [0.25, 0.3) is 0 Å². The second-order valence-electron chi connectivity index (χ2n) is 3.53. The molecule has 0 saturated carbocycles. The molecule has 1 aliphatic carbocycles. The zero-order chi connectivity index (χ0) is 10.1. The number of carbonyl (C=O) groups excluding carboxylic acids is 1. The molecule has 2 rings (SSSR count). The predicted octanol–water partition coefficient (Wildman–Crippen LogP) is 0.778. The molecule has 72 valence electrons. The topological polar surface area (TPSA) is 55.5 Å². The minimum absolute atomic E-state index is 0.0301. The van der Waals surface area contributed by atoms with Gasteiger partial charge in [-0.2, -0.15) is 0 Å². The Bertz CT molecular complexity index is 386. The SMILES string of the molecule is CC(N)C1C=CC2=CC=CC(=O)C2=N1. The first-order valence-corrected chi connectivity index (χ1v) is 4.63. The first kappa shape index (κ1) is 9.09. The van der Waals surface area contributed by atoms with Crippen LogP contribution in [-0.4, -0.2) is 23.6 Å². The molecule has 0 aromatic heterocycles. The van der Waals surface area contributed by atoms with Crippen LogP contribution >= 0.6 is 0 Å². The number of dihydropyridines is 1. The summed E-state index contributed by atoms with van der Waals surface area (Å²) in [6, 6.07) is -0.128. The summed E-state index contributed by atoms with van der Waals surface area (Å²) in [5.41, 5.74) is 7.15. The smallest absolute Gasteiger partial charge is 0.204 e. The summed E-state index contributed by atoms with van der Waals surface area (Å²) < 4.78 is 0. The summed E-state index contributed by atoms with van der Waals surface area (Å²) in [5, 5.41) is 0. The Labute approximate surface area is 82.7 Å². The van der Waals surface area contributed by atoms with E-state index in [1.807, 2.05) is 25.2 Å². The lowest BCUT2D eigenvalue weighted by atomic mass is 9.95. The molecule has 1 aliphatic heterocycles. The fourth-order valence-corrected chi connectivity index (χ4v) is 1.50. The number of aliphatic imine (C=N–C) groups is 1. The summed E-state index contributed by atoms with van der Waals surface area (Å²) in [5.74, 6) is -0.0301. The van der Waals surface area contributed by atoms with Gasteiger partial charge >= 0.3 is 0 Å². The fraction of sp³-hybridized carbons (Fsp3) is 0.273. The van der Waals surface area contributed by atoms with E-state index < -0.39 is 0 Å². The van der Waals surface area contributed by atoms with E-state index in [0.717, 1.165) is 5.57 Å². The molecule has 2 unspecified atom stereocenters. The minimum Gasteiger partial charge on any atom is -0.326 e. The summed E-state index contributed by atoms with van der Waals surface area (Å²) in [6.45, 7) is 1.89. The van der Waals surface area contributed by atoms with Gasteiger partial charge in [0.1, 0.15) is 5.71 Å². The van der Waals surface area contributed by atoms with Crippen LogP contribution in [0.25, 0.3) is 0 Å². The largest absolute Gasteiger partial charge is 0.326 e. The summed E-state index contributed by atoms with van der Waals surface area (Å²) in [6.07, 6.45) is 9.01. The Morgan fingerprint density at radius 1 is 1.50 bits per heavy atom. The molecule has 0 amide bonds. The van der Waals surface area contributed by atoms with E-state index in [9.17, 15) is 4.79 Å². The third kappa shape index (κ3) is 1.46. The number of allylic oxidation sites excluding steroid dienone is 5. The number of ketones is 1. The van der Waals surface area contributed by atoms with Crippen molar-refractivity contribution in [1.82, 2.24) is 0 Å². The molecule has 0 aromatic rings. The van der Waals surface area contributed by atoms with Crippen molar-refractivity contribution < 1.29 is 4.79 Å². The first-order valence-electron chi connectivity index (χ1n) is 4.63. The third-order valence-electron chi connectivity index (χ3n) is 2.32. The zero-order valence-corrected chi connectivity index (χ0v) is 7.97. The van der Waals surface area contributed by atoms with Gasteiger partial charge in [-0.3, -0.25) is 9.79 Å². The maximum Gasteiger partial charge on any atom is 0.204 e. The van der Waals surface area contributed by atoms with Gasteiger partial charge in [-0.25, -0.2) is 0 Å². The number of rotatable bonds is 1. The molecule has 1 heterocycles. The van der Waals surface area contributed by atoms with Crippen molar-refractivity contribution in [2.75, 3.05) is 0 Å². The molecule has 0 aromatic carbocycles. The normalized spacial score (nSPS) is 26.7. The lowest BCUT2D eigenvalue weighted by Crippen LogP contribution is -2.33. The molecule has 0 spiro atoms. The van der Waals surface area contributed by atoms with Crippen molar-refractivity contribution in [1.29, 1.82) is 0 Å². The highest BCUT2D eigenvalue weighted by molar-refractivity contribution is 6.51. The van der Waals surface area contributed by atoms with Crippen LogP contribution in [0.15, 0.2) is 40.9 Å². The Hall–Kier alpha value is -1.48. The van der Waals surface area contributed by atoms with Crippen LogP contribution in [0, 0.1) is 0 Å². The van der Waals surface area contributed by atoms with Gasteiger partial charge in [0.15, 0.2) is 0 Å². The molecular formula is C11H12N2O. The summed E-state index contributed by atoms with van der Waals surface area (Å²) in [7, 11) is 0. The van der Waals surface area contributed by atoms with E-state index in [0.29, 0.717) is 5.71 Å². The second kappa shape index (κ2) is 3.35. The Kier molecular flexibility index (Phi) is 2.17. The fourth-order valence-electron chi connectivity index (χ4n) is 1.50.